The molecule has 10 heteroatoms. The maximum Gasteiger partial charge on any atom is 0.225 e. The van der Waals surface area contributed by atoms with Crippen LogP contribution in [0.1, 0.15) is 12.8 Å². The van der Waals surface area contributed by atoms with E-state index in [9.17, 15) is 13.2 Å². The predicted molar refractivity (Wildman–Crippen MR) is 104 cm³/mol. The fourth-order valence-electron chi connectivity index (χ4n) is 3.59. The van der Waals surface area contributed by atoms with Gasteiger partial charge in [0.1, 0.15) is 0 Å². The number of aromatic nitrogens is 2. The van der Waals surface area contributed by atoms with Crippen LogP contribution in [-0.4, -0.2) is 93.3 Å². The van der Waals surface area contributed by atoms with Gasteiger partial charge >= 0.3 is 0 Å². The van der Waals surface area contributed by atoms with Crippen molar-refractivity contribution in [3.8, 4) is 0 Å². The molecule has 27 heavy (non-hydrogen) atoms. The first-order chi connectivity index (χ1) is 12.8. The number of piperazine rings is 1. The molecular weight excluding hydrogens is 368 g/mol. The molecule has 1 aromatic rings. The highest BCUT2D eigenvalue weighted by molar-refractivity contribution is 7.88. The van der Waals surface area contributed by atoms with E-state index in [1.54, 1.807) is 6.20 Å². The maximum atomic E-state index is 12.8. The molecule has 0 atom stereocenters. The van der Waals surface area contributed by atoms with E-state index in [0.717, 1.165) is 24.6 Å². The summed E-state index contributed by atoms with van der Waals surface area (Å²) in [5.41, 5.74) is 0.996. The average molecular weight is 397 g/mol. The number of carbonyl (C=O) groups is 1. The molecule has 2 aliphatic heterocycles. The number of hydrogen-bond acceptors (Lipinski definition) is 7. The average Bonchev–Trinajstić information content (AvgIpc) is 2.67. The van der Waals surface area contributed by atoms with Gasteiger partial charge in [-0.25, -0.2) is 12.7 Å². The number of sulfonamides is 1. The van der Waals surface area contributed by atoms with Crippen molar-refractivity contribution in [3.05, 3.63) is 12.3 Å². The number of rotatable bonds is 4. The Morgan fingerprint density at radius 3 is 2.30 bits per heavy atom. The normalized spacial score (nSPS) is 20.0. The SMILES string of the molecule is CN(C)c1cnnc(N2CCN(C(=O)C3CCN(S(C)(=O)=O)CC3)CC2)c1. The molecule has 2 aliphatic rings. The van der Waals surface area contributed by atoms with Crippen molar-refractivity contribution in [1.82, 2.24) is 19.4 Å². The fraction of sp³-hybridized carbons (Fsp3) is 0.706. The lowest BCUT2D eigenvalue weighted by Gasteiger charge is -2.38. The van der Waals surface area contributed by atoms with Crippen LogP contribution in [0.5, 0.6) is 0 Å². The van der Waals surface area contributed by atoms with Crippen molar-refractivity contribution in [2.24, 2.45) is 5.92 Å². The summed E-state index contributed by atoms with van der Waals surface area (Å²) in [6.45, 7) is 3.61. The van der Waals surface area contributed by atoms with Crippen molar-refractivity contribution in [2.45, 2.75) is 12.8 Å². The zero-order valence-corrected chi connectivity index (χ0v) is 17.0. The molecule has 3 heterocycles. The van der Waals surface area contributed by atoms with E-state index < -0.39 is 10.0 Å². The van der Waals surface area contributed by atoms with E-state index in [1.165, 1.54) is 10.6 Å². The lowest BCUT2D eigenvalue weighted by molar-refractivity contribution is -0.137. The van der Waals surface area contributed by atoms with Crippen LogP contribution in [0, 0.1) is 5.92 Å². The summed E-state index contributed by atoms with van der Waals surface area (Å²) < 4.78 is 24.7. The van der Waals surface area contributed by atoms with Crippen molar-refractivity contribution in [3.63, 3.8) is 0 Å². The topological polar surface area (TPSA) is 90.0 Å². The summed E-state index contributed by atoms with van der Waals surface area (Å²) in [4.78, 5) is 18.8. The molecule has 0 bridgehead atoms. The Bertz CT molecular complexity index is 769. The lowest BCUT2D eigenvalue weighted by atomic mass is 9.96. The maximum absolute atomic E-state index is 12.8. The first-order valence-electron chi connectivity index (χ1n) is 9.24. The van der Waals surface area contributed by atoms with Gasteiger partial charge in [0.05, 0.1) is 18.1 Å². The van der Waals surface area contributed by atoms with Gasteiger partial charge in [0.2, 0.25) is 15.9 Å². The highest BCUT2D eigenvalue weighted by atomic mass is 32.2. The third-order valence-electron chi connectivity index (χ3n) is 5.33. The first-order valence-corrected chi connectivity index (χ1v) is 11.1. The Morgan fingerprint density at radius 2 is 1.74 bits per heavy atom. The van der Waals surface area contributed by atoms with E-state index in [1.807, 2.05) is 30.0 Å². The predicted octanol–water partition coefficient (Wildman–Crippen LogP) is -0.137. The van der Waals surface area contributed by atoms with Crippen molar-refractivity contribution < 1.29 is 13.2 Å². The van der Waals surface area contributed by atoms with Gasteiger partial charge in [0, 0.05) is 65.3 Å². The van der Waals surface area contributed by atoms with Gasteiger partial charge in [-0.2, -0.15) is 5.10 Å². The van der Waals surface area contributed by atoms with Gasteiger partial charge < -0.3 is 14.7 Å². The van der Waals surface area contributed by atoms with Gasteiger partial charge in [0.15, 0.2) is 5.82 Å². The van der Waals surface area contributed by atoms with E-state index >= 15 is 0 Å². The van der Waals surface area contributed by atoms with Gasteiger partial charge in [0.25, 0.3) is 0 Å². The van der Waals surface area contributed by atoms with E-state index in [4.69, 9.17) is 0 Å². The van der Waals surface area contributed by atoms with Crippen LogP contribution >= 0.6 is 0 Å². The minimum Gasteiger partial charge on any atom is -0.376 e. The quantitative estimate of drug-likeness (QED) is 0.700. The van der Waals surface area contributed by atoms with Crippen molar-refractivity contribution in [1.29, 1.82) is 0 Å². The Balaban J connectivity index is 1.53. The zero-order valence-electron chi connectivity index (χ0n) is 16.2. The lowest BCUT2D eigenvalue weighted by Crippen LogP contribution is -2.52. The largest absolute Gasteiger partial charge is 0.376 e. The van der Waals surface area contributed by atoms with Crippen LogP contribution in [0.3, 0.4) is 0 Å². The minimum atomic E-state index is -3.16. The fourth-order valence-corrected chi connectivity index (χ4v) is 4.47. The Hall–Kier alpha value is -1.94. The standard InChI is InChI=1S/C17H28N6O3S/c1-20(2)15-12-16(19-18-13-15)21-8-10-22(11-9-21)17(24)14-4-6-23(7-5-14)27(3,25)26/h12-14H,4-11H2,1-3H3. The second-order valence-electron chi connectivity index (χ2n) is 7.42. The number of hydrogen-bond donors (Lipinski definition) is 0. The molecule has 150 valence electrons. The molecule has 2 saturated heterocycles. The second kappa shape index (κ2) is 7.97. The summed E-state index contributed by atoms with van der Waals surface area (Å²) in [5, 5.41) is 8.29. The molecular formula is C17H28N6O3S. The number of piperidine rings is 1. The monoisotopic (exact) mass is 396 g/mol. The van der Waals surface area contributed by atoms with Crippen molar-refractivity contribution >= 4 is 27.4 Å². The molecule has 0 aliphatic carbocycles. The molecule has 0 radical (unpaired) electrons. The summed E-state index contributed by atoms with van der Waals surface area (Å²) in [7, 11) is 0.767. The highest BCUT2D eigenvalue weighted by Gasteiger charge is 2.32. The van der Waals surface area contributed by atoms with Crippen LogP contribution in [0.25, 0.3) is 0 Å². The molecule has 2 fully saturated rings. The molecule has 0 saturated carbocycles. The molecule has 0 N–H and O–H groups in total. The molecule has 9 nitrogen and oxygen atoms in total. The minimum absolute atomic E-state index is 0.0774. The van der Waals surface area contributed by atoms with Crippen LogP contribution in [0.2, 0.25) is 0 Å². The van der Waals surface area contributed by atoms with Gasteiger partial charge in [-0.15, -0.1) is 5.10 Å². The highest BCUT2D eigenvalue weighted by Crippen LogP contribution is 2.23. The number of anilines is 2. The van der Waals surface area contributed by atoms with E-state index in [0.29, 0.717) is 39.0 Å². The molecule has 0 unspecified atom stereocenters. The van der Waals surface area contributed by atoms with Crippen LogP contribution in [0.4, 0.5) is 11.5 Å². The smallest absolute Gasteiger partial charge is 0.225 e. The third-order valence-corrected chi connectivity index (χ3v) is 6.63. The van der Waals surface area contributed by atoms with Crippen LogP contribution < -0.4 is 9.80 Å². The van der Waals surface area contributed by atoms with Gasteiger partial charge in [-0.1, -0.05) is 0 Å². The van der Waals surface area contributed by atoms with Crippen molar-refractivity contribution in [2.75, 3.05) is 69.4 Å². The second-order valence-corrected chi connectivity index (χ2v) is 9.40. The number of amides is 1. The Labute approximate surface area is 161 Å². The van der Waals surface area contributed by atoms with Crippen LogP contribution in [0.15, 0.2) is 12.3 Å². The first kappa shape index (κ1) is 19.8. The van der Waals surface area contributed by atoms with E-state index in [-0.39, 0.29) is 11.8 Å². The van der Waals surface area contributed by atoms with Gasteiger partial charge in [-0.05, 0) is 12.8 Å². The summed E-state index contributed by atoms with van der Waals surface area (Å²) in [6, 6.07) is 2.01. The number of nitrogens with zero attached hydrogens (tertiary/aromatic N) is 6. The van der Waals surface area contributed by atoms with Crippen LogP contribution in [-0.2, 0) is 14.8 Å². The molecule has 1 amide bonds. The zero-order chi connectivity index (χ0) is 19.6. The molecule has 0 aromatic carbocycles. The van der Waals surface area contributed by atoms with E-state index in [2.05, 4.69) is 15.1 Å². The summed E-state index contributed by atoms with van der Waals surface area (Å²) in [5.74, 6) is 0.900. The molecule has 1 aromatic heterocycles. The number of carbonyl (C=O) groups excluding carboxylic acids is 1. The van der Waals surface area contributed by atoms with Gasteiger partial charge in [-0.3, -0.25) is 4.79 Å². The molecule has 3 rings (SSSR count). The Kier molecular flexibility index (Phi) is 5.85. The third kappa shape index (κ3) is 4.67. The summed E-state index contributed by atoms with van der Waals surface area (Å²) >= 11 is 0. The molecule has 0 spiro atoms. The Morgan fingerprint density at radius 1 is 1.11 bits per heavy atom. The summed E-state index contributed by atoms with van der Waals surface area (Å²) in [6.07, 6.45) is 4.15.